The van der Waals surface area contributed by atoms with Gasteiger partial charge < -0.3 is 5.73 Å². The summed E-state index contributed by atoms with van der Waals surface area (Å²) in [5.41, 5.74) is 8.12. The van der Waals surface area contributed by atoms with Crippen LogP contribution in [-0.2, 0) is 0 Å². The van der Waals surface area contributed by atoms with Crippen molar-refractivity contribution in [3.8, 4) is 0 Å². The Labute approximate surface area is 92.3 Å². The Hall–Kier alpha value is -0.670. The third-order valence-corrected chi connectivity index (χ3v) is 4.40. The fraction of sp³-hybridized carbons (Fsp3) is 0.273. The van der Waals surface area contributed by atoms with E-state index in [0.29, 0.717) is 5.25 Å². The van der Waals surface area contributed by atoms with Gasteiger partial charge >= 0.3 is 0 Å². The van der Waals surface area contributed by atoms with Crippen molar-refractivity contribution in [1.82, 2.24) is 0 Å². The molecule has 1 unspecified atom stereocenters. The quantitative estimate of drug-likeness (QED) is 0.835. The second kappa shape index (κ2) is 3.83. The molecule has 14 heavy (non-hydrogen) atoms. The SMILES string of the molecule is CSC(C)c1ccc2c(N)csc2c1. The summed E-state index contributed by atoms with van der Waals surface area (Å²) in [6, 6.07) is 6.55. The van der Waals surface area contributed by atoms with Gasteiger partial charge in [0.2, 0.25) is 0 Å². The molecule has 0 amide bonds. The van der Waals surface area contributed by atoms with Crippen molar-refractivity contribution in [1.29, 1.82) is 0 Å². The molecule has 74 valence electrons. The lowest BCUT2D eigenvalue weighted by atomic mass is 10.1. The topological polar surface area (TPSA) is 26.0 Å². The van der Waals surface area contributed by atoms with E-state index in [4.69, 9.17) is 5.73 Å². The van der Waals surface area contributed by atoms with Gasteiger partial charge in [-0.1, -0.05) is 12.1 Å². The van der Waals surface area contributed by atoms with Crippen LogP contribution in [0, 0.1) is 0 Å². The molecular weight excluding hydrogens is 210 g/mol. The molecule has 0 aliphatic heterocycles. The molecule has 0 saturated carbocycles. The summed E-state index contributed by atoms with van der Waals surface area (Å²) in [5.74, 6) is 0. The van der Waals surface area contributed by atoms with Crippen LogP contribution < -0.4 is 5.73 Å². The monoisotopic (exact) mass is 223 g/mol. The molecule has 2 aromatic rings. The van der Waals surface area contributed by atoms with Crippen molar-refractivity contribution >= 4 is 38.9 Å². The van der Waals surface area contributed by atoms with Crippen molar-refractivity contribution in [3.05, 3.63) is 29.1 Å². The summed E-state index contributed by atoms with van der Waals surface area (Å²) in [5, 5.41) is 3.76. The Morgan fingerprint density at radius 3 is 2.93 bits per heavy atom. The number of fused-ring (bicyclic) bond motifs is 1. The predicted octanol–water partition coefficient (Wildman–Crippen LogP) is 3.91. The second-order valence-electron chi connectivity index (χ2n) is 3.32. The smallest absolute Gasteiger partial charge is 0.0502 e. The van der Waals surface area contributed by atoms with Gasteiger partial charge in [-0.15, -0.1) is 11.3 Å². The van der Waals surface area contributed by atoms with Crippen LogP contribution in [0.1, 0.15) is 17.7 Å². The number of rotatable bonds is 2. The second-order valence-corrected chi connectivity index (χ2v) is 5.41. The van der Waals surface area contributed by atoms with Crippen molar-refractivity contribution in [2.45, 2.75) is 12.2 Å². The molecule has 1 atom stereocenters. The number of benzene rings is 1. The van der Waals surface area contributed by atoms with Gasteiger partial charge in [0.05, 0.1) is 5.69 Å². The highest BCUT2D eigenvalue weighted by Crippen LogP contribution is 2.33. The molecular formula is C11H13NS2. The summed E-state index contributed by atoms with van der Waals surface area (Å²) in [6.07, 6.45) is 2.14. The van der Waals surface area contributed by atoms with E-state index in [1.165, 1.54) is 15.6 Å². The minimum atomic E-state index is 0.558. The van der Waals surface area contributed by atoms with Crippen molar-refractivity contribution in [3.63, 3.8) is 0 Å². The molecule has 0 bridgehead atoms. The number of hydrogen-bond donors (Lipinski definition) is 1. The molecule has 0 fully saturated rings. The van der Waals surface area contributed by atoms with Gasteiger partial charge in [0.1, 0.15) is 0 Å². The first-order chi connectivity index (χ1) is 6.72. The molecule has 1 aromatic carbocycles. The minimum Gasteiger partial charge on any atom is -0.398 e. The highest BCUT2D eigenvalue weighted by molar-refractivity contribution is 7.98. The summed E-state index contributed by atoms with van der Waals surface area (Å²) >= 11 is 3.59. The lowest BCUT2D eigenvalue weighted by molar-refractivity contribution is 1.11. The van der Waals surface area contributed by atoms with Gasteiger partial charge in [-0.2, -0.15) is 11.8 Å². The van der Waals surface area contributed by atoms with Crippen LogP contribution in [0.15, 0.2) is 23.6 Å². The molecule has 1 heterocycles. The highest BCUT2D eigenvalue weighted by Gasteiger charge is 2.06. The Bertz CT molecular complexity index is 447. The average Bonchev–Trinajstić information content (AvgIpc) is 2.59. The number of anilines is 1. The van der Waals surface area contributed by atoms with E-state index in [1.54, 1.807) is 11.3 Å². The number of hydrogen-bond acceptors (Lipinski definition) is 3. The zero-order valence-corrected chi connectivity index (χ0v) is 9.91. The van der Waals surface area contributed by atoms with E-state index >= 15 is 0 Å². The van der Waals surface area contributed by atoms with E-state index in [0.717, 1.165) is 5.69 Å². The van der Waals surface area contributed by atoms with E-state index in [-0.39, 0.29) is 0 Å². The fourth-order valence-electron chi connectivity index (χ4n) is 1.45. The molecule has 0 spiro atoms. The fourth-order valence-corrected chi connectivity index (χ4v) is 2.77. The molecule has 0 aliphatic rings. The maximum atomic E-state index is 5.84. The van der Waals surface area contributed by atoms with Gasteiger partial charge in [0.25, 0.3) is 0 Å². The lowest BCUT2D eigenvalue weighted by Gasteiger charge is -2.07. The first-order valence-corrected chi connectivity index (χ1v) is 6.68. The summed E-state index contributed by atoms with van der Waals surface area (Å²) in [7, 11) is 0. The summed E-state index contributed by atoms with van der Waals surface area (Å²) in [6.45, 7) is 2.22. The Kier molecular flexibility index (Phi) is 2.70. The Morgan fingerprint density at radius 2 is 2.21 bits per heavy atom. The molecule has 1 nitrogen and oxygen atoms in total. The van der Waals surface area contributed by atoms with Gasteiger partial charge in [-0.25, -0.2) is 0 Å². The van der Waals surface area contributed by atoms with Gasteiger partial charge in [0.15, 0.2) is 0 Å². The van der Waals surface area contributed by atoms with Crippen molar-refractivity contribution in [2.24, 2.45) is 0 Å². The number of thiophene rings is 1. The standard InChI is InChI=1S/C11H13NS2/c1-7(13-2)8-3-4-9-10(12)6-14-11(9)5-8/h3-7H,12H2,1-2H3. The lowest BCUT2D eigenvalue weighted by Crippen LogP contribution is -1.86. The zero-order chi connectivity index (χ0) is 10.1. The Morgan fingerprint density at radius 1 is 1.43 bits per heavy atom. The van der Waals surface area contributed by atoms with Gasteiger partial charge in [-0.05, 0) is 24.8 Å². The Balaban J connectivity index is 2.52. The van der Waals surface area contributed by atoms with Crippen LogP contribution in [0.2, 0.25) is 0 Å². The van der Waals surface area contributed by atoms with Crippen molar-refractivity contribution < 1.29 is 0 Å². The van der Waals surface area contributed by atoms with E-state index in [2.05, 4.69) is 31.4 Å². The van der Waals surface area contributed by atoms with Gasteiger partial charge in [-0.3, -0.25) is 0 Å². The summed E-state index contributed by atoms with van der Waals surface area (Å²) in [4.78, 5) is 0. The molecule has 1 aromatic heterocycles. The maximum Gasteiger partial charge on any atom is 0.0502 e. The van der Waals surface area contributed by atoms with Gasteiger partial charge in [0, 0.05) is 20.7 Å². The largest absolute Gasteiger partial charge is 0.398 e. The zero-order valence-electron chi connectivity index (χ0n) is 8.28. The van der Waals surface area contributed by atoms with E-state index < -0.39 is 0 Å². The molecule has 0 radical (unpaired) electrons. The van der Waals surface area contributed by atoms with Crippen LogP contribution in [0.3, 0.4) is 0 Å². The molecule has 0 saturated heterocycles. The normalized spacial score (nSPS) is 13.3. The third kappa shape index (κ3) is 1.62. The van der Waals surface area contributed by atoms with Crippen LogP contribution in [-0.4, -0.2) is 6.26 Å². The van der Waals surface area contributed by atoms with E-state index in [9.17, 15) is 0 Å². The average molecular weight is 223 g/mol. The highest BCUT2D eigenvalue weighted by atomic mass is 32.2. The number of nitrogens with two attached hydrogens (primary N) is 1. The van der Waals surface area contributed by atoms with Crippen LogP contribution >= 0.6 is 23.1 Å². The van der Waals surface area contributed by atoms with Crippen molar-refractivity contribution in [2.75, 3.05) is 12.0 Å². The number of nitrogen functional groups attached to an aromatic ring is 1. The summed E-state index contributed by atoms with van der Waals surface area (Å²) < 4.78 is 1.29. The maximum absolute atomic E-state index is 5.84. The van der Waals surface area contributed by atoms with Crippen LogP contribution in [0.25, 0.3) is 10.1 Å². The van der Waals surface area contributed by atoms with E-state index in [1.807, 2.05) is 17.1 Å². The molecule has 0 aliphatic carbocycles. The molecule has 2 N–H and O–H groups in total. The minimum absolute atomic E-state index is 0.558. The number of thioether (sulfide) groups is 1. The van der Waals surface area contributed by atoms with Crippen LogP contribution in [0.4, 0.5) is 5.69 Å². The third-order valence-electron chi connectivity index (χ3n) is 2.45. The molecule has 3 heteroatoms. The van der Waals surface area contributed by atoms with Crippen LogP contribution in [0.5, 0.6) is 0 Å². The first-order valence-electron chi connectivity index (χ1n) is 4.52. The predicted molar refractivity (Wildman–Crippen MR) is 68.2 cm³/mol. The molecule has 2 rings (SSSR count). The first kappa shape index (κ1) is 9.87.